The lowest BCUT2D eigenvalue weighted by Crippen LogP contribution is -2.41. The van der Waals surface area contributed by atoms with Crippen molar-refractivity contribution < 1.29 is 27.5 Å². The molecule has 0 radical (unpaired) electrons. The number of carbonyl (C=O) groups excluding carboxylic acids is 2. The summed E-state index contributed by atoms with van der Waals surface area (Å²) < 4.78 is 45.5. The van der Waals surface area contributed by atoms with Gasteiger partial charge in [0.25, 0.3) is 5.91 Å². The van der Waals surface area contributed by atoms with Crippen LogP contribution in [-0.4, -0.2) is 36.4 Å². The molecule has 0 bridgehead atoms. The second-order valence-corrected chi connectivity index (χ2v) is 6.38. The van der Waals surface area contributed by atoms with Gasteiger partial charge in [0.15, 0.2) is 24.1 Å². The van der Waals surface area contributed by atoms with Crippen molar-refractivity contribution in [2.24, 2.45) is 0 Å². The van der Waals surface area contributed by atoms with Crippen molar-refractivity contribution in [3.63, 3.8) is 0 Å². The topological polar surface area (TPSA) is 58.6 Å². The second kappa shape index (κ2) is 10.5. The van der Waals surface area contributed by atoms with Crippen molar-refractivity contribution in [3.05, 3.63) is 59.4 Å². The number of carbonyl (C=O) groups is 2. The number of ether oxygens (including phenoxy) is 1. The van der Waals surface area contributed by atoms with Crippen LogP contribution >= 0.6 is 0 Å². The van der Waals surface area contributed by atoms with Crippen molar-refractivity contribution in [1.29, 1.82) is 0 Å². The Kier molecular flexibility index (Phi) is 8.06. The number of hydrogen-bond acceptors (Lipinski definition) is 3. The van der Waals surface area contributed by atoms with E-state index in [9.17, 15) is 22.8 Å². The molecule has 0 heterocycles. The maximum atomic E-state index is 13.7. The normalized spacial score (nSPS) is 10.5. The highest BCUT2D eigenvalue weighted by atomic mass is 19.2. The minimum atomic E-state index is -1.67. The predicted molar refractivity (Wildman–Crippen MR) is 103 cm³/mol. The molecule has 0 aliphatic rings. The Morgan fingerprint density at radius 1 is 1.07 bits per heavy atom. The molecule has 0 spiro atoms. The van der Waals surface area contributed by atoms with Crippen LogP contribution in [0, 0.1) is 17.5 Å². The first-order valence-corrected chi connectivity index (χ1v) is 9.28. The molecule has 2 rings (SSSR count). The van der Waals surface area contributed by atoms with Gasteiger partial charge in [0.1, 0.15) is 5.75 Å². The van der Waals surface area contributed by atoms with Crippen LogP contribution in [0.4, 0.5) is 18.9 Å². The van der Waals surface area contributed by atoms with Gasteiger partial charge in [0.05, 0.1) is 12.2 Å². The Balaban J connectivity index is 1.98. The number of halogens is 3. The third-order valence-corrected chi connectivity index (χ3v) is 4.16. The van der Waals surface area contributed by atoms with E-state index in [1.165, 1.54) is 4.90 Å². The number of benzene rings is 2. The standard InChI is InChI=1S/C21H23F3N2O3/c1-3-10-26(19(28)13-29-15-7-5-6-14(4-2)11-15)12-18(27)25-17-9-8-16(22)20(23)21(17)24/h5-9,11H,3-4,10,12-13H2,1-2H3,(H,25,27). The van der Waals surface area contributed by atoms with Crippen molar-refractivity contribution in [1.82, 2.24) is 4.90 Å². The van der Waals surface area contributed by atoms with E-state index >= 15 is 0 Å². The first-order chi connectivity index (χ1) is 13.8. The third kappa shape index (κ3) is 6.23. The fraction of sp³-hybridized carbons (Fsp3) is 0.333. The Morgan fingerprint density at radius 3 is 2.52 bits per heavy atom. The smallest absolute Gasteiger partial charge is 0.260 e. The van der Waals surface area contributed by atoms with Gasteiger partial charge in [-0.15, -0.1) is 0 Å². The summed E-state index contributed by atoms with van der Waals surface area (Å²) in [5.74, 6) is -5.13. The number of aryl methyl sites for hydroxylation is 1. The number of hydrogen-bond donors (Lipinski definition) is 1. The second-order valence-electron chi connectivity index (χ2n) is 6.38. The van der Waals surface area contributed by atoms with E-state index < -0.39 is 35.0 Å². The zero-order chi connectivity index (χ0) is 21.4. The summed E-state index contributed by atoms with van der Waals surface area (Å²) in [7, 11) is 0. The summed E-state index contributed by atoms with van der Waals surface area (Å²) in [5.41, 5.74) is 0.568. The van der Waals surface area contributed by atoms with Gasteiger partial charge < -0.3 is 15.0 Å². The van der Waals surface area contributed by atoms with Gasteiger partial charge in [-0.3, -0.25) is 9.59 Å². The van der Waals surface area contributed by atoms with Crippen molar-refractivity contribution in [3.8, 4) is 5.75 Å². The summed E-state index contributed by atoms with van der Waals surface area (Å²) in [6, 6.07) is 8.96. The number of amides is 2. The molecule has 0 aliphatic heterocycles. The van der Waals surface area contributed by atoms with E-state index in [-0.39, 0.29) is 19.7 Å². The van der Waals surface area contributed by atoms with Gasteiger partial charge in [0, 0.05) is 6.54 Å². The Bertz CT molecular complexity index is 874. The van der Waals surface area contributed by atoms with Crippen LogP contribution in [0.1, 0.15) is 25.8 Å². The summed E-state index contributed by atoms with van der Waals surface area (Å²) in [5, 5.41) is 2.16. The van der Waals surface area contributed by atoms with Gasteiger partial charge >= 0.3 is 0 Å². The van der Waals surface area contributed by atoms with E-state index in [0.29, 0.717) is 18.2 Å². The number of rotatable bonds is 9. The van der Waals surface area contributed by atoms with Crippen LogP contribution in [0.3, 0.4) is 0 Å². The van der Waals surface area contributed by atoms with Gasteiger partial charge in [-0.25, -0.2) is 13.2 Å². The van der Waals surface area contributed by atoms with Gasteiger partial charge in [-0.05, 0) is 42.7 Å². The van der Waals surface area contributed by atoms with E-state index in [1.54, 1.807) is 6.07 Å². The SMILES string of the molecule is CCCN(CC(=O)Nc1ccc(F)c(F)c1F)C(=O)COc1cccc(CC)c1. The molecule has 0 unspecified atom stereocenters. The van der Waals surface area contributed by atoms with Gasteiger partial charge in [-0.2, -0.15) is 0 Å². The maximum absolute atomic E-state index is 13.7. The molecule has 0 aliphatic carbocycles. The number of nitrogens with zero attached hydrogens (tertiary/aromatic N) is 1. The zero-order valence-electron chi connectivity index (χ0n) is 16.3. The molecule has 0 aromatic heterocycles. The molecule has 0 fully saturated rings. The molecule has 1 N–H and O–H groups in total. The highest BCUT2D eigenvalue weighted by Crippen LogP contribution is 2.19. The molecule has 2 aromatic carbocycles. The molecule has 0 saturated carbocycles. The summed E-state index contributed by atoms with van der Waals surface area (Å²) >= 11 is 0. The minimum Gasteiger partial charge on any atom is -0.484 e. The quantitative estimate of drug-likeness (QED) is 0.640. The van der Waals surface area contributed by atoms with Crippen LogP contribution in [0.2, 0.25) is 0 Å². The predicted octanol–water partition coefficient (Wildman–Crippen LogP) is 3.92. The summed E-state index contributed by atoms with van der Waals surface area (Å²) in [6.07, 6.45) is 1.41. The first-order valence-electron chi connectivity index (χ1n) is 9.28. The van der Waals surface area contributed by atoms with Crippen LogP contribution in [0.5, 0.6) is 5.75 Å². The van der Waals surface area contributed by atoms with Crippen molar-refractivity contribution in [2.75, 3.05) is 25.0 Å². The lowest BCUT2D eigenvalue weighted by atomic mass is 10.2. The molecular formula is C21H23F3N2O3. The Morgan fingerprint density at radius 2 is 1.83 bits per heavy atom. The van der Waals surface area contributed by atoms with E-state index in [0.717, 1.165) is 18.1 Å². The average Bonchev–Trinajstić information content (AvgIpc) is 2.72. The Labute approximate surface area is 167 Å². The third-order valence-electron chi connectivity index (χ3n) is 4.16. The molecule has 156 valence electrons. The minimum absolute atomic E-state index is 0.264. The highest BCUT2D eigenvalue weighted by molar-refractivity contribution is 5.94. The molecular weight excluding hydrogens is 385 g/mol. The average molecular weight is 408 g/mol. The molecule has 0 atom stereocenters. The van der Waals surface area contributed by atoms with Crippen LogP contribution < -0.4 is 10.1 Å². The molecule has 5 nitrogen and oxygen atoms in total. The molecule has 2 amide bonds. The first kappa shape index (κ1) is 22.3. The van der Waals surface area contributed by atoms with Gasteiger partial charge in [0.2, 0.25) is 5.91 Å². The molecule has 2 aromatic rings. The van der Waals surface area contributed by atoms with E-state index in [2.05, 4.69) is 5.32 Å². The molecule has 29 heavy (non-hydrogen) atoms. The number of anilines is 1. The van der Waals surface area contributed by atoms with Gasteiger partial charge in [-0.1, -0.05) is 26.0 Å². The lowest BCUT2D eigenvalue weighted by Gasteiger charge is -2.22. The van der Waals surface area contributed by atoms with Crippen LogP contribution in [0.25, 0.3) is 0 Å². The fourth-order valence-corrected chi connectivity index (χ4v) is 2.64. The van der Waals surface area contributed by atoms with Crippen molar-refractivity contribution >= 4 is 17.5 Å². The summed E-state index contributed by atoms with van der Waals surface area (Å²) in [6.45, 7) is 3.48. The van der Waals surface area contributed by atoms with Crippen molar-refractivity contribution in [2.45, 2.75) is 26.7 Å². The lowest BCUT2D eigenvalue weighted by molar-refractivity contribution is -0.136. The largest absolute Gasteiger partial charge is 0.484 e. The fourth-order valence-electron chi connectivity index (χ4n) is 2.64. The molecule has 8 heteroatoms. The molecule has 0 saturated heterocycles. The van der Waals surface area contributed by atoms with E-state index in [1.807, 2.05) is 32.0 Å². The zero-order valence-corrected chi connectivity index (χ0v) is 16.3. The van der Waals surface area contributed by atoms with Crippen LogP contribution in [-0.2, 0) is 16.0 Å². The van der Waals surface area contributed by atoms with Crippen LogP contribution in [0.15, 0.2) is 36.4 Å². The van der Waals surface area contributed by atoms with E-state index in [4.69, 9.17) is 4.74 Å². The monoisotopic (exact) mass is 408 g/mol. The number of nitrogens with one attached hydrogen (secondary N) is 1. The summed E-state index contributed by atoms with van der Waals surface area (Å²) in [4.78, 5) is 25.9. The maximum Gasteiger partial charge on any atom is 0.260 e. The highest BCUT2D eigenvalue weighted by Gasteiger charge is 2.20. The Hall–Kier alpha value is -3.03.